The minimum absolute atomic E-state index is 0.214. The number of hydrogen-bond acceptors (Lipinski definition) is 2. The second-order valence-corrected chi connectivity index (χ2v) is 6.04. The third-order valence-electron chi connectivity index (χ3n) is 4.93. The van der Waals surface area contributed by atoms with Gasteiger partial charge in [-0.05, 0) is 49.3 Å². The van der Waals surface area contributed by atoms with Gasteiger partial charge in [0.25, 0.3) is 0 Å². The lowest BCUT2D eigenvalue weighted by Gasteiger charge is -2.36. The summed E-state index contributed by atoms with van der Waals surface area (Å²) in [7, 11) is 0. The van der Waals surface area contributed by atoms with Crippen LogP contribution in [0.2, 0.25) is 0 Å². The van der Waals surface area contributed by atoms with Crippen LogP contribution < -0.4 is 0 Å². The first kappa shape index (κ1) is 12.0. The number of aromatic amines is 1. The lowest BCUT2D eigenvalue weighted by Crippen LogP contribution is -2.27. The molecule has 102 valence electrons. The van der Waals surface area contributed by atoms with Crippen LogP contribution in [0.5, 0.6) is 0 Å². The zero-order valence-corrected chi connectivity index (χ0v) is 11.7. The number of fused-ring (bicyclic) bond motifs is 3. The molecule has 4 rings (SSSR count). The number of nitrogens with zero attached hydrogens (tertiary/aromatic N) is 1. The van der Waals surface area contributed by atoms with E-state index in [4.69, 9.17) is 4.74 Å². The van der Waals surface area contributed by atoms with Gasteiger partial charge in [0.15, 0.2) is 0 Å². The molecule has 0 saturated heterocycles. The second kappa shape index (κ2) is 4.36. The number of nitriles is 1. The molecule has 3 heteroatoms. The van der Waals surface area contributed by atoms with Gasteiger partial charge in [-0.3, -0.25) is 0 Å². The number of nitrogens with one attached hydrogen (secondary N) is 1. The van der Waals surface area contributed by atoms with Crippen LogP contribution in [0.15, 0.2) is 12.1 Å². The molecular formula is C17H18N2O. The van der Waals surface area contributed by atoms with Crippen molar-refractivity contribution in [2.24, 2.45) is 5.92 Å². The summed E-state index contributed by atoms with van der Waals surface area (Å²) in [6.07, 6.45) is 4.98. The van der Waals surface area contributed by atoms with Crippen LogP contribution in [0, 0.1) is 24.2 Å². The normalized spacial score (nSPS) is 22.3. The Hall–Kier alpha value is -1.79. The highest BCUT2D eigenvalue weighted by Gasteiger charge is 2.35. The molecule has 3 nitrogen and oxygen atoms in total. The predicted molar refractivity (Wildman–Crippen MR) is 77.5 cm³/mol. The number of benzene rings is 1. The van der Waals surface area contributed by atoms with Gasteiger partial charge in [0.2, 0.25) is 0 Å². The summed E-state index contributed by atoms with van der Waals surface area (Å²) >= 11 is 0. The number of ether oxygens (including phenoxy) is 1. The second-order valence-electron chi connectivity index (χ2n) is 6.04. The zero-order chi connectivity index (χ0) is 13.7. The van der Waals surface area contributed by atoms with Gasteiger partial charge in [0.1, 0.15) is 6.10 Å². The lowest BCUT2D eigenvalue weighted by molar-refractivity contribution is -0.0261. The molecule has 1 aliphatic carbocycles. The average molecular weight is 266 g/mol. The van der Waals surface area contributed by atoms with E-state index in [1.807, 2.05) is 12.1 Å². The molecule has 2 aliphatic rings. The van der Waals surface area contributed by atoms with Gasteiger partial charge in [-0.2, -0.15) is 5.26 Å². The summed E-state index contributed by atoms with van der Waals surface area (Å²) in [4.78, 5) is 3.58. The van der Waals surface area contributed by atoms with Crippen molar-refractivity contribution < 1.29 is 4.74 Å². The maximum Gasteiger partial charge on any atom is 0.100 e. The highest BCUT2D eigenvalue weighted by atomic mass is 16.5. The highest BCUT2D eigenvalue weighted by molar-refractivity contribution is 5.92. The van der Waals surface area contributed by atoms with E-state index in [-0.39, 0.29) is 6.10 Å². The maximum absolute atomic E-state index is 9.38. The van der Waals surface area contributed by atoms with E-state index in [1.165, 1.54) is 36.1 Å². The molecule has 0 spiro atoms. The van der Waals surface area contributed by atoms with Crippen molar-refractivity contribution in [1.29, 1.82) is 5.26 Å². The standard InChI is InChI=1S/C17H18N2O/c1-10-5-6-12(9-18)14-13-7-8-20-17(11-3-2-4-11)16(13)19-15(10)14/h5-6,11,17,19H,2-4,7-8H2,1H3. The van der Waals surface area contributed by atoms with Crippen LogP contribution in [-0.2, 0) is 11.2 Å². The number of rotatable bonds is 1. The molecule has 1 unspecified atom stereocenters. The van der Waals surface area contributed by atoms with Gasteiger partial charge < -0.3 is 9.72 Å². The monoisotopic (exact) mass is 266 g/mol. The Morgan fingerprint density at radius 3 is 2.90 bits per heavy atom. The first-order valence-electron chi connectivity index (χ1n) is 7.45. The minimum atomic E-state index is 0.214. The van der Waals surface area contributed by atoms with Crippen LogP contribution in [-0.4, -0.2) is 11.6 Å². The molecule has 0 radical (unpaired) electrons. The Balaban J connectivity index is 1.96. The Morgan fingerprint density at radius 2 is 2.20 bits per heavy atom. The summed E-state index contributed by atoms with van der Waals surface area (Å²) in [5.41, 5.74) is 5.69. The van der Waals surface area contributed by atoms with E-state index < -0.39 is 0 Å². The van der Waals surface area contributed by atoms with Crippen molar-refractivity contribution in [1.82, 2.24) is 4.98 Å². The number of aromatic nitrogens is 1. The molecule has 20 heavy (non-hydrogen) atoms. The average Bonchev–Trinajstić information content (AvgIpc) is 2.79. The molecule has 2 heterocycles. The summed E-state index contributed by atoms with van der Waals surface area (Å²) in [5.74, 6) is 0.660. The minimum Gasteiger partial charge on any atom is -0.371 e. The van der Waals surface area contributed by atoms with Gasteiger partial charge in [-0.15, -0.1) is 0 Å². The fraction of sp³-hybridized carbons (Fsp3) is 0.471. The van der Waals surface area contributed by atoms with Gasteiger partial charge >= 0.3 is 0 Å². The Kier molecular flexibility index (Phi) is 2.61. The SMILES string of the molecule is Cc1ccc(C#N)c2c3c([nH]c12)C(C1CCC1)OCC3. The lowest BCUT2D eigenvalue weighted by atomic mass is 9.78. The van der Waals surface area contributed by atoms with E-state index in [1.54, 1.807) is 0 Å². The van der Waals surface area contributed by atoms with Crippen LogP contribution in [0.1, 0.15) is 47.8 Å². The molecule has 1 fully saturated rings. The van der Waals surface area contributed by atoms with E-state index in [0.717, 1.165) is 29.5 Å². The fourth-order valence-electron chi connectivity index (χ4n) is 3.61. The van der Waals surface area contributed by atoms with Crippen molar-refractivity contribution in [3.05, 3.63) is 34.5 Å². The van der Waals surface area contributed by atoms with Crippen LogP contribution >= 0.6 is 0 Å². The highest BCUT2D eigenvalue weighted by Crippen LogP contribution is 2.45. The molecule has 1 saturated carbocycles. The largest absolute Gasteiger partial charge is 0.371 e. The van der Waals surface area contributed by atoms with E-state index in [9.17, 15) is 5.26 Å². The topological polar surface area (TPSA) is 48.8 Å². The number of hydrogen-bond donors (Lipinski definition) is 1. The quantitative estimate of drug-likeness (QED) is 0.854. The van der Waals surface area contributed by atoms with Crippen molar-refractivity contribution in [2.75, 3.05) is 6.61 Å². The molecule has 1 aromatic heterocycles. The van der Waals surface area contributed by atoms with E-state index >= 15 is 0 Å². The summed E-state index contributed by atoms with van der Waals surface area (Å²) in [6, 6.07) is 6.32. The van der Waals surface area contributed by atoms with E-state index in [0.29, 0.717) is 5.92 Å². The molecule has 1 aromatic carbocycles. The third kappa shape index (κ3) is 1.55. The van der Waals surface area contributed by atoms with Crippen LogP contribution in [0.4, 0.5) is 0 Å². The molecule has 1 aliphatic heterocycles. The zero-order valence-electron chi connectivity index (χ0n) is 11.7. The number of aryl methyl sites for hydroxylation is 1. The molecule has 1 N–H and O–H groups in total. The third-order valence-corrected chi connectivity index (χ3v) is 4.93. The van der Waals surface area contributed by atoms with Crippen molar-refractivity contribution in [2.45, 2.75) is 38.7 Å². The van der Waals surface area contributed by atoms with Crippen LogP contribution in [0.25, 0.3) is 10.9 Å². The van der Waals surface area contributed by atoms with E-state index in [2.05, 4.69) is 18.0 Å². The Bertz CT molecular complexity index is 719. The smallest absolute Gasteiger partial charge is 0.100 e. The Labute approximate surface area is 118 Å². The molecular weight excluding hydrogens is 248 g/mol. The van der Waals surface area contributed by atoms with Gasteiger partial charge in [-0.1, -0.05) is 12.5 Å². The van der Waals surface area contributed by atoms with Gasteiger partial charge in [0, 0.05) is 11.1 Å². The maximum atomic E-state index is 9.38. The molecule has 0 bridgehead atoms. The molecule has 0 amide bonds. The van der Waals surface area contributed by atoms with Crippen molar-refractivity contribution in [3.8, 4) is 6.07 Å². The molecule has 1 atom stereocenters. The summed E-state index contributed by atoms with van der Waals surface area (Å²) < 4.78 is 6.04. The molecule has 2 aromatic rings. The van der Waals surface area contributed by atoms with Gasteiger partial charge in [0.05, 0.1) is 23.8 Å². The Morgan fingerprint density at radius 1 is 1.35 bits per heavy atom. The van der Waals surface area contributed by atoms with Crippen molar-refractivity contribution in [3.63, 3.8) is 0 Å². The first-order valence-corrected chi connectivity index (χ1v) is 7.45. The predicted octanol–water partition coefficient (Wildman–Crippen LogP) is 3.76. The summed E-state index contributed by atoms with van der Waals surface area (Å²) in [5, 5.41) is 10.5. The first-order chi connectivity index (χ1) is 9.79. The fourth-order valence-corrected chi connectivity index (χ4v) is 3.61. The van der Waals surface area contributed by atoms with Crippen LogP contribution in [0.3, 0.4) is 0 Å². The number of H-pyrrole nitrogens is 1. The van der Waals surface area contributed by atoms with Crippen molar-refractivity contribution >= 4 is 10.9 Å². The summed E-state index contributed by atoms with van der Waals surface area (Å²) in [6.45, 7) is 2.88. The van der Waals surface area contributed by atoms with Gasteiger partial charge in [-0.25, -0.2) is 0 Å².